The zero-order valence-corrected chi connectivity index (χ0v) is 12.0. The number of halogens is 1. The monoisotopic (exact) mass is 285 g/mol. The summed E-state index contributed by atoms with van der Waals surface area (Å²) >= 11 is 5.85. The van der Waals surface area contributed by atoms with E-state index in [0.717, 1.165) is 6.42 Å². The van der Waals surface area contributed by atoms with Crippen LogP contribution in [-0.2, 0) is 0 Å². The van der Waals surface area contributed by atoms with Gasteiger partial charge < -0.3 is 15.2 Å². The molecule has 0 aliphatic rings. The van der Waals surface area contributed by atoms with Crippen LogP contribution in [0, 0.1) is 5.92 Å². The first kappa shape index (κ1) is 15.8. The molecule has 2 N–H and O–H groups in total. The minimum Gasteiger partial charge on any atom is -0.496 e. The Morgan fingerprint density at radius 1 is 1.53 bits per heavy atom. The number of benzene rings is 1. The molecule has 19 heavy (non-hydrogen) atoms. The van der Waals surface area contributed by atoms with Crippen molar-refractivity contribution in [2.24, 2.45) is 5.92 Å². The van der Waals surface area contributed by atoms with Gasteiger partial charge in [-0.3, -0.25) is 4.79 Å². The smallest absolute Gasteiger partial charge is 0.255 e. The summed E-state index contributed by atoms with van der Waals surface area (Å²) in [7, 11) is 1.50. The number of nitrogens with one attached hydrogen (secondary N) is 1. The fraction of sp³-hybridized carbons (Fsp3) is 0.500. The number of aliphatic hydroxyl groups is 1. The summed E-state index contributed by atoms with van der Waals surface area (Å²) < 4.78 is 5.14. The molecule has 0 aromatic heterocycles. The molecule has 1 aromatic carbocycles. The summed E-state index contributed by atoms with van der Waals surface area (Å²) in [6, 6.07) is 4.91. The van der Waals surface area contributed by atoms with E-state index in [0.29, 0.717) is 29.3 Å². The molecule has 106 valence electrons. The third-order valence-corrected chi connectivity index (χ3v) is 3.31. The Morgan fingerprint density at radius 3 is 2.84 bits per heavy atom. The molecule has 1 rings (SSSR count). The number of ether oxygens (including phenoxy) is 1. The molecule has 0 saturated heterocycles. The van der Waals surface area contributed by atoms with Crippen molar-refractivity contribution in [1.29, 1.82) is 0 Å². The van der Waals surface area contributed by atoms with E-state index in [1.807, 2.05) is 6.92 Å². The van der Waals surface area contributed by atoms with E-state index in [1.54, 1.807) is 18.2 Å². The van der Waals surface area contributed by atoms with Gasteiger partial charge in [0.05, 0.1) is 12.7 Å². The fourth-order valence-corrected chi connectivity index (χ4v) is 1.98. The summed E-state index contributed by atoms with van der Waals surface area (Å²) in [5, 5.41) is 12.3. The first-order chi connectivity index (χ1) is 9.12. The van der Waals surface area contributed by atoms with E-state index >= 15 is 0 Å². The van der Waals surface area contributed by atoms with Crippen LogP contribution >= 0.6 is 11.6 Å². The van der Waals surface area contributed by atoms with Gasteiger partial charge in [0.2, 0.25) is 0 Å². The molecule has 0 bridgehead atoms. The summed E-state index contributed by atoms with van der Waals surface area (Å²) in [5.41, 5.74) is 0.464. The largest absolute Gasteiger partial charge is 0.496 e. The van der Waals surface area contributed by atoms with E-state index in [2.05, 4.69) is 5.32 Å². The van der Waals surface area contributed by atoms with Crippen molar-refractivity contribution in [2.75, 3.05) is 20.3 Å². The first-order valence-electron chi connectivity index (χ1n) is 6.35. The van der Waals surface area contributed by atoms with E-state index in [1.165, 1.54) is 7.11 Å². The first-order valence-corrected chi connectivity index (χ1v) is 6.72. The Morgan fingerprint density at radius 2 is 2.26 bits per heavy atom. The molecule has 0 fully saturated rings. The summed E-state index contributed by atoms with van der Waals surface area (Å²) in [6.07, 6.45) is 1.60. The number of carbonyl (C=O) groups is 1. The van der Waals surface area contributed by atoms with Crippen molar-refractivity contribution in [3.63, 3.8) is 0 Å². The van der Waals surface area contributed by atoms with Crippen molar-refractivity contribution >= 4 is 17.5 Å². The molecule has 0 spiro atoms. The normalized spacial score (nSPS) is 12.0. The van der Waals surface area contributed by atoms with Crippen molar-refractivity contribution in [3.05, 3.63) is 28.8 Å². The average molecular weight is 286 g/mol. The number of amides is 1. The summed E-state index contributed by atoms with van der Waals surface area (Å²) in [6.45, 7) is 2.72. The van der Waals surface area contributed by atoms with E-state index in [4.69, 9.17) is 21.4 Å². The SMILES string of the molecule is CCC(CCO)CNC(=O)c1ccc(Cl)cc1OC. The number of hydrogen-bond acceptors (Lipinski definition) is 3. The van der Waals surface area contributed by atoms with E-state index < -0.39 is 0 Å². The van der Waals surface area contributed by atoms with Crippen molar-refractivity contribution in [2.45, 2.75) is 19.8 Å². The Labute approximate surface area is 118 Å². The predicted molar refractivity (Wildman–Crippen MR) is 75.8 cm³/mol. The molecule has 0 radical (unpaired) electrons. The molecule has 0 saturated carbocycles. The Balaban J connectivity index is 2.67. The van der Waals surface area contributed by atoms with Crippen LogP contribution in [0.4, 0.5) is 0 Å². The van der Waals surface area contributed by atoms with Crippen LogP contribution in [0.25, 0.3) is 0 Å². The Hall–Kier alpha value is -1.26. The third kappa shape index (κ3) is 4.73. The number of carbonyl (C=O) groups excluding carboxylic acids is 1. The number of hydrogen-bond donors (Lipinski definition) is 2. The zero-order chi connectivity index (χ0) is 14.3. The van der Waals surface area contributed by atoms with Crippen LogP contribution in [0.3, 0.4) is 0 Å². The average Bonchev–Trinajstić information content (AvgIpc) is 2.42. The molecule has 0 aliphatic heterocycles. The van der Waals surface area contributed by atoms with Gasteiger partial charge in [0.15, 0.2) is 0 Å². The van der Waals surface area contributed by atoms with E-state index in [-0.39, 0.29) is 18.4 Å². The van der Waals surface area contributed by atoms with Gasteiger partial charge >= 0.3 is 0 Å². The van der Waals surface area contributed by atoms with Crippen molar-refractivity contribution in [3.8, 4) is 5.75 Å². The molecular formula is C14H20ClNO3. The van der Waals surface area contributed by atoms with Crippen LogP contribution in [0.2, 0.25) is 5.02 Å². The van der Waals surface area contributed by atoms with Crippen LogP contribution in [-0.4, -0.2) is 31.3 Å². The lowest BCUT2D eigenvalue weighted by Gasteiger charge is -2.15. The minimum atomic E-state index is -0.190. The van der Waals surface area contributed by atoms with Crippen LogP contribution in [0.15, 0.2) is 18.2 Å². The standard InChI is InChI=1S/C14H20ClNO3/c1-3-10(6-7-17)9-16-14(18)12-5-4-11(15)8-13(12)19-2/h4-5,8,10,17H,3,6-7,9H2,1-2H3,(H,16,18). The fourth-order valence-electron chi connectivity index (χ4n) is 1.82. The number of rotatable bonds is 7. The second kappa shape index (κ2) is 8.02. The van der Waals surface area contributed by atoms with Gasteiger partial charge in [0.1, 0.15) is 5.75 Å². The maximum absolute atomic E-state index is 12.1. The van der Waals surface area contributed by atoms with Crippen molar-refractivity contribution in [1.82, 2.24) is 5.32 Å². The number of aliphatic hydroxyl groups excluding tert-OH is 1. The second-order valence-electron chi connectivity index (χ2n) is 4.34. The van der Waals surface area contributed by atoms with Gasteiger partial charge in [0, 0.05) is 18.2 Å². The number of methoxy groups -OCH3 is 1. The molecule has 0 heterocycles. The molecule has 1 atom stereocenters. The highest BCUT2D eigenvalue weighted by Gasteiger charge is 2.14. The second-order valence-corrected chi connectivity index (χ2v) is 4.78. The molecule has 0 aliphatic carbocycles. The highest BCUT2D eigenvalue weighted by atomic mass is 35.5. The molecule has 1 amide bonds. The van der Waals surface area contributed by atoms with E-state index in [9.17, 15) is 4.79 Å². The zero-order valence-electron chi connectivity index (χ0n) is 11.3. The highest BCUT2D eigenvalue weighted by molar-refractivity contribution is 6.30. The lowest BCUT2D eigenvalue weighted by atomic mass is 10.0. The van der Waals surface area contributed by atoms with Gasteiger partial charge in [-0.15, -0.1) is 0 Å². The predicted octanol–water partition coefficient (Wildman–Crippen LogP) is 2.49. The molecule has 1 unspecified atom stereocenters. The van der Waals surface area contributed by atoms with Gasteiger partial charge in [-0.25, -0.2) is 0 Å². The minimum absolute atomic E-state index is 0.138. The molecule has 1 aromatic rings. The van der Waals surface area contributed by atoms with Crippen LogP contribution in [0.1, 0.15) is 30.1 Å². The Bertz CT molecular complexity index is 423. The van der Waals surface area contributed by atoms with Crippen LogP contribution in [0.5, 0.6) is 5.75 Å². The van der Waals surface area contributed by atoms with Gasteiger partial charge in [0.25, 0.3) is 5.91 Å². The maximum Gasteiger partial charge on any atom is 0.255 e. The van der Waals surface area contributed by atoms with Crippen molar-refractivity contribution < 1.29 is 14.6 Å². The van der Waals surface area contributed by atoms with Crippen LogP contribution < -0.4 is 10.1 Å². The molecule has 4 nitrogen and oxygen atoms in total. The quantitative estimate of drug-likeness (QED) is 0.809. The summed E-state index contributed by atoms with van der Waals surface area (Å²) in [4.78, 5) is 12.1. The topological polar surface area (TPSA) is 58.6 Å². The third-order valence-electron chi connectivity index (χ3n) is 3.07. The molecular weight excluding hydrogens is 266 g/mol. The van der Waals surface area contributed by atoms with Gasteiger partial charge in [-0.05, 0) is 30.5 Å². The lowest BCUT2D eigenvalue weighted by molar-refractivity contribution is 0.0940. The molecule has 5 heteroatoms. The maximum atomic E-state index is 12.1. The van der Waals surface area contributed by atoms with Gasteiger partial charge in [-0.1, -0.05) is 24.9 Å². The Kier molecular flexibility index (Phi) is 6.67. The summed E-state index contributed by atoms with van der Waals surface area (Å²) in [5.74, 6) is 0.553. The lowest BCUT2D eigenvalue weighted by Crippen LogP contribution is -2.29. The van der Waals surface area contributed by atoms with Gasteiger partial charge in [-0.2, -0.15) is 0 Å². The highest BCUT2D eigenvalue weighted by Crippen LogP contribution is 2.23.